The Balaban J connectivity index is 1.31. The second-order valence-corrected chi connectivity index (χ2v) is 9.75. The summed E-state index contributed by atoms with van der Waals surface area (Å²) < 4.78 is 1.96. The Morgan fingerprint density at radius 2 is 1.80 bits per heavy atom. The van der Waals surface area contributed by atoms with Crippen molar-refractivity contribution >= 4 is 40.9 Å². The number of carbonyl (C=O) groups is 3. The second-order valence-electron chi connectivity index (χ2n) is 8.81. The van der Waals surface area contributed by atoms with Gasteiger partial charge in [0.1, 0.15) is 5.82 Å². The number of hydrogen-bond acceptors (Lipinski definition) is 6. The van der Waals surface area contributed by atoms with Crippen molar-refractivity contribution in [1.29, 1.82) is 0 Å². The Hall–Kier alpha value is -3.66. The van der Waals surface area contributed by atoms with Gasteiger partial charge in [-0.2, -0.15) is 0 Å². The van der Waals surface area contributed by atoms with Crippen LogP contribution in [-0.4, -0.2) is 44.3 Å². The van der Waals surface area contributed by atoms with Crippen LogP contribution in [0.15, 0.2) is 53.7 Å². The van der Waals surface area contributed by atoms with E-state index in [0.717, 1.165) is 37.2 Å². The summed E-state index contributed by atoms with van der Waals surface area (Å²) in [6.07, 6.45) is 4.09. The molecule has 9 nitrogen and oxygen atoms in total. The summed E-state index contributed by atoms with van der Waals surface area (Å²) in [4.78, 5) is 36.8. The number of aromatic nitrogens is 3. The summed E-state index contributed by atoms with van der Waals surface area (Å²) in [7, 11) is 0. The maximum absolute atomic E-state index is 12.8. The van der Waals surface area contributed by atoms with Gasteiger partial charge in [-0.1, -0.05) is 30.0 Å². The van der Waals surface area contributed by atoms with Gasteiger partial charge in [0.15, 0.2) is 5.16 Å². The van der Waals surface area contributed by atoms with E-state index in [1.54, 1.807) is 24.3 Å². The molecule has 0 spiro atoms. The minimum absolute atomic E-state index is 0.104. The van der Waals surface area contributed by atoms with E-state index >= 15 is 0 Å². The molecule has 0 unspecified atom stereocenters. The topological polar surface area (TPSA) is 118 Å². The summed E-state index contributed by atoms with van der Waals surface area (Å²) in [6, 6.07) is 14.7. The lowest BCUT2D eigenvalue weighted by Gasteiger charge is -2.13. The number of para-hydroxylation sites is 1. The molecule has 0 radical (unpaired) electrons. The fourth-order valence-electron chi connectivity index (χ4n) is 3.75. The highest BCUT2D eigenvalue weighted by Crippen LogP contribution is 2.41. The molecule has 180 valence electrons. The maximum atomic E-state index is 12.8. The van der Waals surface area contributed by atoms with Crippen molar-refractivity contribution in [3.63, 3.8) is 0 Å². The van der Waals surface area contributed by atoms with Crippen LogP contribution in [0.5, 0.6) is 0 Å². The molecule has 0 bridgehead atoms. The average Bonchev–Trinajstić information content (AvgIpc) is 3.77. The average molecular weight is 491 g/mol. The highest BCUT2D eigenvalue weighted by atomic mass is 32.2. The van der Waals surface area contributed by atoms with E-state index < -0.39 is 0 Å². The molecular weight excluding hydrogens is 464 g/mol. The van der Waals surface area contributed by atoms with Gasteiger partial charge in [0.2, 0.25) is 11.8 Å². The largest absolute Gasteiger partial charge is 0.349 e. The van der Waals surface area contributed by atoms with E-state index in [4.69, 9.17) is 0 Å². The quantitative estimate of drug-likeness (QED) is 0.394. The molecule has 3 N–H and O–H groups in total. The number of hydrogen-bond donors (Lipinski definition) is 3. The third-order valence-electron chi connectivity index (χ3n) is 5.72. The van der Waals surface area contributed by atoms with E-state index in [2.05, 4.69) is 26.1 Å². The first-order chi connectivity index (χ1) is 17.0. The smallest absolute Gasteiger partial charge is 0.253 e. The molecule has 2 aliphatic rings. The molecule has 35 heavy (non-hydrogen) atoms. The molecule has 2 saturated carbocycles. The van der Waals surface area contributed by atoms with Gasteiger partial charge in [-0.3, -0.25) is 19.0 Å². The molecule has 1 heterocycles. The minimum atomic E-state index is -0.240. The van der Waals surface area contributed by atoms with E-state index in [1.165, 1.54) is 18.7 Å². The first-order valence-electron chi connectivity index (χ1n) is 11.6. The third-order valence-corrected chi connectivity index (χ3v) is 6.65. The van der Waals surface area contributed by atoms with Crippen molar-refractivity contribution < 1.29 is 14.4 Å². The van der Waals surface area contributed by atoms with Gasteiger partial charge in [0.05, 0.1) is 22.7 Å². The minimum Gasteiger partial charge on any atom is -0.349 e. The number of thioether (sulfide) groups is 1. The van der Waals surface area contributed by atoms with Gasteiger partial charge >= 0.3 is 0 Å². The number of amides is 3. The lowest BCUT2D eigenvalue weighted by Crippen LogP contribution is -2.27. The Labute approximate surface area is 207 Å². The van der Waals surface area contributed by atoms with Crippen molar-refractivity contribution in [2.75, 3.05) is 16.4 Å². The second kappa shape index (κ2) is 9.91. The van der Waals surface area contributed by atoms with E-state index in [0.29, 0.717) is 28.0 Å². The molecule has 3 amide bonds. The van der Waals surface area contributed by atoms with Crippen molar-refractivity contribution in [3.05, 3.63) is 59.9 Å². The number of rotatable bonds is 9. The molecule has 0 aliphatic heterocycles. The fourth-order valence-corrected chi connectivity index (χ4v) is 4.51. The van der Waals surface area contributed by atoms with Crippen LogP contribution in [0.25, 0.3) is 5.69 Å². The molecule has 2 aromatic carbocycles. The summed E-state index contributed by atoms with van der Waals surface area (Å²) in [6.45, 7) is 1.47. The fraction of sp³-hybridized carbons (Fsp3) is 0.320. The normalized spacial score (nSPS) is 14.9. The first kappa shape index (κ1) is 23.1. The summed E-state index contributed by atoms with van der Waals surface area (Å²) >= 11 is 1.28. The van der Waals surface area contributed by atoms with Crippen LogP contribution in [0.3, 0.4) is 0 Å². The summed E-state index contributed by atoms with van der Waals surface area (Å²) in [5.41, 5.74) is 2.44. The van der Waals surface area contributed by atoms with E-state index in [1.807, 2.05) is 28.8 Å². The Morgan fingerprint density at radius 3 is 2.54 bits per heavy atom. The van der Waals surface area contributed by atoms with Gasteiger partial charge in [-0.05, 0) is 56.0 Å². The van der Waals surface area contributed by atoms with Crippen molar-refractivity contribution in [2.45, 2.75) is 49.7 Å². The van der Waals surface area contributed by atoms with Crippen molar-refractivity contribution in [2.24, 2.45) is 0 Å². The van der Waals surface area contributed by atoms with Gasteiger partial charge < -0.3 is 16.0 Å². The van der Waals surface area contributed by atoms with Gasteiger partial charge in [0, 0.05) is 24.6 Å². The zero-order chi connectivity index (χ0) is 24.4. The van der Waals surface area contributed by atoms with Crippen LogP contribution in [0.4, 0.5) is 11.4 Å². The predicted molar refractivity (Wildman–Crippen MR) is 134 cm³/mol. The van der Waals surface area contributed by atoms with Crippen LogP contribution in [0, 0.1) is 0 Å². The molecular formula is C25H26N6O3S. The SMILES string of the molecule is CC(=O)Nc1cccc(-n2c(SCC(=O)Nc3ccccc3C(=O)NC3CC3)nnc2C2CC2)c1. The van der Waals surface area contributed by atoms with Crippen molar-refractivity contribution in [1.82, 2.24) is 20.1 Å². The van der Waals surface area contributed by atoms with Crippen LogP contribution in [0.2, 0.25) is 0 Å². The lowest BCUT2D eigenvalue weighted by molar-refractivity contribution is -0.114. The van der Waals surface area contributed by atoms with E-state index in [9.17, 15) is 14.4 Å². The van der Waals surface area contributed by atoms with Gasteiger partial charge in [0.25, 0.3) is 5.91 Å². The Bertz CT molecular complexity index is 1280. The number of nitrogens with zero attached hydrogens (tertiary/aromatic N) is 3. The summed E-state index contributed by atoms with van der Waals surface area (Å²) in [5, 5.41) is 18.0. The molecule has 0 saturated heterocycles. The molecule has 10 heteroatoms. The molecule has 0 atom stereocenters. The highest BCUT2D eigenvalue weighted by molar-refractivity contribution is 7.99. The van der Waals surface area contributed by atoms with Gasteiger partial charge in [-0.15, -0.1) is 10.2 Å². The molecule has 3 aromatic rings. The monoisotopic (exact) mass is 490 g/mol. The van der Waals surface area contributed by atoms with Crippen LogP contribution >= 0.6 is 11.8 Å². The first-order valence-corrected chi connectivity index (χ1v) is 12.6. The zero-order valence-corrected chi connectivity index (χ0v) is 20.1. The number of nitrogens with one attached hydrogen (secondary N) is 3. The number of benzene rings is 2. The number of carbonyl (C=O) groups excluding carboxylic acids is 3. The summed E-state index contributed by atoms with van der Waals surface area (Å²) in [5.74, 6) is 0.736. The van der Waals surface area contributed by atoms with Crippen LogP contribution < -0.4 is 16.0 Å². The van der Waals surface area contributed by atoms with Crippen LogP contribution in [0.1, 0.15) is 54.7 Å². The highest BCUT2D eigenvalue weighted by Gasteiger charge is 2.31. The number of anilines is 2. The predicted octanol–water partition coefficient (Wildman–Crippen LogP) is 3.73. The third kappa shape index (κ3) is 5.71. The van der Waals surface area contributed by atoms with Crippen LogP contribution in [-0.2, 0) is 9.59 Å². The molecule has 1 aromatic heterocycles. The molecule has 2 fully saturated rings. The Kier molecular flexibility index (Phi) is 6.54. The zero-order valence-electron chi connectivity index (χ0n) is 19.3. The van der Waals surface area contributed by atoms with E-state index in [-0.39, 0.29) is 29.5 Å². The Morgan fingerprint density at radius 1 is 1.00 bits per heavy atom. The molecule has 5 rings (SSSR count). The molecule has 2 aliphatic carbocycles. The van der Waals surface area contributed by atoms with Gasteiger partial charge in [-0.25, -0.2) is 0 Å². The standard InChI is InChI=1S/C25H26N6O3S/c1-15(32)26-18-5-4-6-19(13-18)31-23(16-9-10-16)29-30-25(31)35-14-22(33)28-21-8-3-2-7-20(21)24(34)27-17-11-12-17/h2-8,13,16-17H,9-12,14H2,1H3,(H,26,32)(H,27,34)(H,28,33). The van der Waals surface area contributed by atoms with Crippen molar-refractivity contribution in [3.8, 4) is 5.69 Å². The lowest BCUT2D eigenvalue weighted by atomic mass is 10.1. The maximum Gasteiger partial charge on any atom is 0.253 e.